The van der Waals surface area contributed by atoms with Crippen molar-refractivity contribution >= 4 is 66.2 Å². The Kier molecular flexibility index (Phi) is 10.7. The third kappa shape index (κ3) is 7.59. The fourth-order valence-electron chi connectivity index (χ4n) is 3.06. The molecule has 8 heteroatoms. The molecule has 0 N–H and O–H groups in total. The molecule has 2 aromatic carbocycles. The van der Waals surface area contributed by atoms with E-state index in [0.29, 0.717) is 5.02 Å². The van der Waals surface area contributed by atoms with Crippen molar-refractivity contribution in [1.29, 1.82) is 0 Å². The number of aromatic nitrogens is 1. The van der Waals surface area contributed by atoms with Gasteiger partial charge >= 0.3 is 33.3 Å². The Morgan fingerprint density at radius 2 is 1.38 bits per heavy atom. The SMILES string of the molecule is CC(=Nc1ccc(Cl)c(C)c1)c1cccc(C(C)=Nc2c(C)cc(C)cc2Cl)n1.[Cl][Fe][Cl]. The fourth-order valence-corrected chi connectivity index (χ4v) is 3.54. The maximum atomic E-state index is 6.41. The van der Waals surface area contributed by atoms with Gasteiger partial charge in [-0.05, 0) is 87.7 Å². The molecule has 0 atom stereocenters. The first kappa shape index (κ1) is 26.9. The van der Waals surface area contributed by atoms with E-state index in [2.05, 4.69) is 11.1 Å². The Bertz CT molecular complexity index is 1140. The van der Waals surface area contributed by atoms with Gasteiger partial charge in [0.1, 0.15) is 0 Å². The van der Waals surface area contributed by atoms with Crippen molar-refractivity contribution in [3.63, 3.8) is 0 Å². The maximum absolute atomic E-state index is 6.41. The van der Waals surface area contributed by atoms with Crippen molar-refractivity contribution in [2.24, 2.45) is 9.98 Å². The van der Waals surface area contributed by atoms with E-state index in [0.717, 1.165) is 55.9 Å². The summed E-state index contributed by atoms with van der Waals surface area (Å²) in [4.78, 5) is 14.2. The van der Waals surface area contributed by atoms with Gasteiger partial charge in [-0.25, -0.2) is 9.98 Å². The Morgan fingerprint density at radius 3 is 1.94 bits per heavy atom. The molecule has 3 rings (SSSR count). The van der Waals surface area contributed by atoms with E-state index in [1.54, 1.807) is 0 Å². The molecule has 0 unspecified atom stereocenters. The van der Waals surface area contributed by atoms with Crippen LogP contribution in [-0.4, -0.2) is 16.4 Å². The summed E-state index contributed by atoms with van der Waals surface area (Å²) in [7, 11) is 9.53. The Balaban J connectivity index is 0.00000114. The van der Waals surface area contributed by atoms with Gasteiger partial charge in [-0.15, -0.1) is 0 Å². The van der Waals surface area contributed by atoms with Crippen LogP contribution in [0.3, 0.4) is 0 Å². The van der Waals surface area contributed by atoms with Crippen LogP contribution in [-0.2, 0) is 13.1 Å². The quantitative estimate of drug-likeness (QED) is 0.236. The van der Waals surface area contributed by atoms with E-state index >= 15 is 0 Å². The zero-order valence-corrected chi connectivity index (χ0v) is 22.5. The van der Waals surface area contributed by atoms with Crippen molar-refractivity contribution in [1.82, 2.24) is 4.98 Å². The molecule has 0 radical (unpaired) electrons. The van der Waals surface area contributed by atoms with E-state index in [4.69, 9.17) is 53.4 Å². The van der Waals surface area contributed by atoms with Crippen LogP contribution in [0.2, 0.25) is 10.0 Å². The third-order valence-corrected chi connectivity index (χ3v) is 5.32. The first-order chi connectivity index (χ1) is 15.2. The molecule has 3 nitrogen and oxygen atoms in total. The second kappa shape index (κ2) is 12.7. The van der Waals surface area contributed by atoms with E-state index in [1.165, 1.54) is 0 Å². The number of rotatable bonds is 4. The molecule has 0 aliphatic rings. The number of aliphatic imine (C=N–C) groups is 2. The predicted octanol–water partition coefficient (Wildman–Crippen LogP) is 8.97. The molecule has 1 aromatic heterocycles. The van der Waals surface area contributed by atoms with Crippen LogP contribution >= 0.6 is 43.4 Å². The molecule has 0 aliphatic heterocycles. The fraction of sp³-hybridized carbons (Fsp3) is 0.208. The monoisotopic (exact) mass is 549 g/mol. The summed E-state index contributed by atoms with van der Waals surface area (Å²) in [5.74, 6) is 0. The van der Waals surface area contributed by atoms with Gasteiger partial charge in [0.05, 0.1) is 39.2 Å². The summed E-state index contributed by atoms with van der Waals surface area (Å²) in [6.07, 6.45) is 0. The number of hydrogen-bond acceptors (Lipinski definition) is 3. The summed E-state index contributed by atoms with van der Waals surface area (Å²) < 4.78 is 0. The molecule has 3 aromatic rings. The second-order valence-electron chi connectivity index (χ2n) is 7.20. The average Bonchev–Trinajstić information content (AvgIpc) is 2.74. The molecular weight excluding hydrogens is 528 g/mol. The Labute approximate surface area is 214 Å². The minimum atomic E-state index is 0.194. The van der Waals surface area contributed by atoms with Crippen molar-refractivity contribution in [2.45, 2.75) is 34.6 Å². The summed E-state index contributed by atoms with van der Waals surface area (Å²) in [6.45, 7) is 9.89. The van der Waals surface area contributed by atoms with E-state index in [-0.39, 0.29) is 13.1 Å². The number of benzene rings is 2. The zero-order chi connectivity index (χ0) is 23.8. The topological polar surface area (TPSA) is 37.6 Å². The van der Waals surface area contributed by atoms with Crippen LogP contribution in [0.5, 0.6) is 0 Å². The predicted molar refractivity (Wildman–Crippen MR) is 137 cm³/mol. The number of hydrogen-bond donors (Lipinski definition) is 0. The molecular formula is C24H23Cl4FeN3. The second-order valence-corrected chi connectivity index (χ2v) is 9.84. The summed E-state index contributed by atoms with van der Waals surface area (Å²) in [5, 5.41) is 1.38. The van der Waals surface area contributed by atoms with Crippen LogP contribution in [0.1, 0.15) is 41.9 Å². The van der Waals surface area contributed by atoms with Gasteiger partial charge < -0.3 is 0 Å². The molecule has 0 bridgehead atoms. The molecule has 1 heterocycles. The van der Waals surface area contributed by atoms with Gasteiger partial charge in [-0.1, -0.05) is 35.3 Å². The zero-order valence-electron chi connectivity index (χ0n) is 18.3. The Hall–Kier alpha value is -1.39. The normalized spacial score (nSPS) is 11.9. The van der Waals surface area contributed by atoms with E-state index in [9.17, 15) is 0 Å². The summed E-state index contributed by atoms with van der Waals surface area (Å²) >= 11 is 12.7. The molecule has 0 aliphatic carbocycles. The third-order valence-electron chi connectivity index (χ3n) is 4.61. The summed E-state index contributed by atoms with van der Waals surface area (Å²) in [6, 6.07) is 15.6. The van der Waals surface area contributed by atoms with Gasteiger partial charge in [0.25, 0.3) is 0 Å². The first-order valence-corrected chi connectivity index (χ1v) is 13.4. The van der Waals surface area contributed by atoms with Crippen LogP contribution < -0.4 is 0 Å². The molecule has 170 valence electrons. The number of halogens is 4. The van der Waals surface area contributed by atoms with Gasteiger partial charge in [-0.3, -0.25) is 4.99 Å². The van der Waals surface area contributed by atoms with Gasteiger partial charge in [0, 0.05) is 5.02 Å². The standard InChI is InChI=1S/C24H23Cl2N3.2ClH.Fe/c1-14-11-16(3)24(21(26)12-14)28-18(5)23-8-6-7-22(29-23)17(4)27-19-9-10-20(25)15(2)13-19;;;/h6-13H,1-5H3;2*1H;/q;;;+2/p-2. The van der Waals surface area contributed by atoms with Crippen molar-refractivity contribution < 1.29 is 13.1 Å². The molecule has 0 saturated heterocycles. The number of aryl methyl sites for hydroxylation is 3. The van der Waals surface area contributed by atoms with E-state index in [1.807, 2.05) is 77.1 Å². The molecule has 32 heavy (non-hydrogen) atoms. The molecule has 0 saturated carbocycles. The van der Waals surface area contributed by atoms with E-state index < -0.39 is 0 Å². The van der Waals surface area contributed by atoms with Gasteiger partial charge in [0.15, 0.2) is 0 Å². The number of nitrogens with zero attached hydrogens (tertiary/aromatic N) is 3. The van der Waals surface area contributed by atoms with Crippen LogP contribution in [0.25, 0.3) is 0 Å². The number of pyridine rings is 1. The van der Waals surface area contributed by atoms with Crippen LogP contribution in [0, 0.1) is 20.8 Å². The van der Waals surface area contributed by atoms with Crippen LogP contribution in [0.15, 0.2) is 58.5 Å². The minimum absolute atomic E-state index is 0.194. The van der Waals surface area contributed by atoms with Gasteiger partial charge in [0.2, 0.25) is 0 Å². The van der Waals surface area contributed by atoms with Gasteiger partial charge in [-0.2, -0.15) is 0 Å². The van der Waals surface area contributed by atoms with Crippen LogP contribution in [0.4, 0.5) is 11.4 Å². The Morgan fingerprint density at radius 1 is 0.781 bits per heavy atom. The molecule has 0 spiro atoms. The van der Waals surface area contributed by atoms with Crippen molar-refractivity contribution in [2.75, 3.05) is 0 Å². The summed E-state index contributed by atoms with van der Waals surface area (Å²) in [5.41, 5.74) is 8.01. The first-order valence-electron chi connectivity index (χ1n) is 9.62. The van der Waals surface area contributed by atoms with Crippen molar-refractivity contribution in [3.8, 4) is 0 Å². The average molecular weight is 551 g/mol. The van der Waals surface area contributed by atoms with Crippen molar-refractivity contribution in [3.05, 3.63) is 86.7 Å². The molecule has 0 amide bonds. The molecule has 0 fully saturated rings.